The number of hydrogen-bond donors (Lipinski definition) is 1. The third kappa shape index (κ3) is 3.62. The van der Waals surface area contributed by atoms with E-state index in [9.17, 15) is 9.59 Å². The van der Waals surface area contributed by atoms with Crippen molar-refractivity contribution in [1.29, 1.82) is 0 Å². The predicted molar refractivity (Wildman–Crippen MR) is 85.4 cm³/mol. The van der Waals surface area contributed by atoms with E-state index in [2.05, 4.69) is 5.32 Å². The minimum Gasteiger partial charge on any atom is -0.501 e. The van der Waals surface area contributed by atoms with Crippen molar-refractivity contribution in [3.05, 3.63) is 53.8 Å². The highest BCUT2D eigenvalue weighted by Gasteiger charge is 2.26. The summed E-state index contributed by atoms with van der Waals surface area (Å²) in [6.07, 6.45) is 6.11. The fraction of sp³-hybridized carbons (Fsp3) is 0.333. The topological polar surface area (TPSA) is 64.6 Å². The molecule has 120 valence electrons. The van der Waals surface area contributed by atoms with Gasteiger partial charge in [0.05, 0.1) is 25.0 Å². The second-order valence-electron chi connectivity index (χ2n) is 5.68. The molecule has 0 radical (unpaired) electrons. The average molecular weight is 313 g/mol. The van der Waals surface area contributed by atoms with Gasteiger partial charge in [0.25, 0.3) is 0 Å². The van der Waals surface area contributed by atoms with Crippen LogP contribution in [0, 0.1) is 0 Å². The average Bonchev–Trinajstić information content (AvgIpc) is 2.95. The molecule has 2 aliphatic heterocycles. The maximum atomic E-state index is 12.0. The molecule has 1 amide bonds. The van der Waals surface area contributed by atoms with E-state index in [-0.39, 0.29) is 11.9 Å². The number of amides is 1. The minimum absolute atomic E-state index is 0.142. The lowest BCUT2D eigenvalue weighted by molar-refractivity contribution is -0.138. The van der Waals surface area contributed by atoms with Crippen LogP contribution in [0.25, 0.3) is 5.57 Å². The minimum atomic E-state index is -0.403. The van der Waals surface area contributed by atoms with Gasteiger partial charge in [0, 0.05) is 12.8 Å². The standard InChI is InChI=1S/C18H19NO4/c1-12(20)19-11-16-10-17(18(21)23-16)15-4-2-13(3-5-15)14-6-8-22-9-7-14/h2-6,8,10,14,16H,7,9,11H2,1H3,(H,19,20). The number of esters is 1. The molecule has 0 bridgehead atoms. The van der Waals surface area contributed by atoms with E-state index in [4.69, 9.17) is 9.47 Å². The molecule has 1 N–H and O–H groups in total. The molecule has 0 aliphatic carbocycles. The number of hydrogen-bond acceptors (Lipinski definition) is 4. The highest BCUT2D eigenvalue weighted by atomic mass is 16.5. The van der Waals surface area contributed by atoms with Crippen molar-refractivity contribution in [2.45, 2.75) is 25.4 Å². The molecule has 0 saturated heterocycles. The van der Waals surface area contributed by atoms with Gasteiger partial charge in [-0.05, 0) is 29.7 Å². The van der Waals surface area contributed by atoms with Crippen LogP contribution in [0.5, 0.6) is 0 Å². The number of carbonyl (C=O) groups excluding carboxylic acids is 2. The zero-order valence-corrected chi connectivity index (χ0v) is 13.0. The van der Waals surface area contributed by atoms with Crippen LogP contribution in [0.1, 0.15) is 30.4 Å². The molecule has 23 heavy (non-hydrogen) atoms. The first kappa shape index (κ1) is 15.3. The van der Waals surface area contributed by atoms with Crippen molar-refractivity contribution in [3.8, 4) is 0 Å². The molecule has 0 saturated carbocycles. The lowest BCUT2D eigenvalue weighted by Gasteiger charge is -2.17. The summed E-state index contributed by atoms with van der Waals surface area (Å²) in [5.74, 6) is -0.134. The summed E-state index contributed by atoms with van der Waals surface area (Å²) in [7, 11) is 0. The molecule has 0 fully saturated rings. The van der Waals surface area contributed by atoms with Gasteiger partial charge in [0.2, 0.25) is 5.91 Å². The van der Waals surface area contributed by atoms with Gasteiger partial charge in [-0.25, -0.2) is 4.79 Å². The zero-order valence-electron chi connectivity index (χ0n) is 13.0. The van der Waals surface area contributed by atoms with E-state index in [0.29, 0.717) is 18.0 Å². The number of benzene rings is 1. The third-order valence-electron chi connectivity index (χ3n) is 3.99. The van der Waals surface area contributed by atoms with Gasteiger partial charge < -0.3 is 14.8 Å². The van der Waals surface area contributed by atoms with Gasteiger partial charge in [-0.1, -0.05) is 24.3 Å². The van der Waals surface area contributed by atoms with Crippen molar-refractivity contribution in [1.82, 2.24) is 5.32 Å². The fourth-order valence-corrected chi connectivity index (χ4v) is 2.75. The Morgan fingerprint density at radius 1 is 1.30 bits per heavy atom. The van der Waals surface area contributed by atoms with Crippen LogP contribution in [0.2, 0.25) is 0 Å². The van der Waals surface area contributed by atoms with Gasteiger partial charge in [-0.3, -0.25) is 4.79 Å². The van der Waals surface area contributed by atoms with Gasteiger partial charge >= 0.3 is 5.97 Å². The van der Waals surface area contributed by atoms with E-state index in [0.717, 1.165) is 18.6 Å². The zero-order chi connectivity index (χ0) is 16.2. The molecule has 1 aromatic rings. The molecule has 2 heterocycles. The van der Waals surface area contributed by atoms with Crippen LogP contribution in [-0.2, 0) is 19.1 Å². The van der Waals surface area contributed by atoms with E-state index >= 15 is 0 Å². The molecule has 5 nitrogen and oxygen atoms in total. The molecule has 0 spiro atoms. The van der Waals surface area contributed by atoms with Crippen LogP contribution in [-0.4, -0.2) is 31.1 Å². The summed E-state index contributed by atoms with van der Waals surface area (Å²) < 4.78 is 10.5. The maximum Gasteiger partial charge on any atom is 0.339 e. The first-order valence-electron chi connectivity index (χ1n) is 7.69. The summed E-state index contributed by atoms with van der Waals surface area (Å²) in [5, 5.41) is 2.65. The van der Waals surface area contributed by atoms with Crippen LogP contribution in [0.3, 0.4) is 0 Å². The maximum absolute atomic E-state index is 12.0. The largest absolute Gasteiger partial charge is 0.501 e. The first-order valence-corrected chi connectivity index (χ1v) is 7.69. The summed E-state index contributed by atoms with van der Waals surface area (Å²) in [6, 6.07) is 7.94. The molecular weight excluding hydrogens is 294 g/mol. The van der Waals surface area contributed by atoms with Crippen LogP contribution in [0.15, 0.2) is 42.7 Å². The molecular formula is C18H19NO4. The van der Waals surface area contributed by atoms with Crippen molar-refractivity contribution in [2.75, 3.05) is 13.2 Å². The smallest absolute Gasteiger partial charge is 0.339 e. The SMILES string of the molecule is CC(=O)NCC1C=C(c2ccc(C3C=COCC3)cc2)C(=O)O1. The Hall–Kier alpha value is -2.56. The highest BCUT2D eigenvalue weighted by Crippen LogP contribution is 2.28. The van der Waals surface area contributed by atoms with E-state index in [1.807, 2.05) is 30.3 Å². The number of nitrogens with one attached hydrogen (secondary N) is 1. The number of rotatable bonds is 4. The van der Waals surface area contributed by atoms with Crippen LogP contribution >= 0.6 is 0 Å². The van der Waals surface area contributed by atoms with Crippen LogP contribution < -0.4 is 5.32 Å². The Labute approximate surface area is 135 Å². The van der Waals surface area contributed by atoms with Crippen molar-refractivity contribution in [3.63, 3.8) is 0 Å². The molecule has 3 rings (SSSR count). The molecule has 2 unspecified atom stereocenters. The van der Waals surface area contributed by atoms with E-state index in [1.54, 1.807) is 12.3 Å². The number of ether oxygens (including phenoxy) is 2. The summed E-state index contributed by atoms with van der Waals surface area (Å²) >= 11 is 0. The van der Waals surface area contributed by atoms with Gasteiger partial charge in [0.1, 0.15) is 6.10 Å². The molecule has 2 aliphatic rings. The normalized spacial score (nSPS) is 23.0. The Bertz CT molecular complexity index is 660. The second-order valence-corrected chi connectivity index (χ2v) is 5.68. The quantitative estimate of drug-likeness (QED) is 0.865. The fourth-order valence-electron chi connectivity index (χ4n) is 2.75. The lowest BCUT2D eigenvalue weighted by Crippen LogP contribution is -2.29. The highest BCUT2D eigenvalue weighted by molar-refractivity contribution is 6.18. The third-order valence-corrected chi connectivity index (χ3v) is 3.99. The van der Waals surface area contributed by atoms with Crippen molar-refractivity contribution < 1.29 is 19.1 Å². The lowest BCUT2D eigenvalue weighted by atomic mass is 9.93. The number of carbonyl (C=O) groups is 2. The number of cyclic esters (lactones) is 1. The predicted octanol–water partition coefficient (Wildman–Crippen LogP) is 2.15. The Morgan fingerprint density at radius 3 is 2.74 bits per heavy atom. The van der Waals surface area contributed by atoms with Gasteiger partial charge in [-0.2, -0.15) is 0 Å². The van der Waals surface area contributed by atoms with Crippen molar-refractivity contribution >= 4 is 17.4 Å². The van der Waals surface area contributed by atoms with Crippen LogP contribution in [0.4, 0.5) is 0 Å². The van der Waals surface area contributed by atoms with Gasteiger partial charge in [0.15, 0.2) is 0 Å². The number of allylic oxidation sites excluding steroid dienone is 1. The van der Waals surface area contributed by atoms with Crippen molar-refractivity contribution in [2.24, 2.45) is 0 Å². The monoisotopic (exact) mass is 313 g/mol. The van der Waals surface area contributed by atoms with Gasteiger partial charge in [-0.15, -0.1) is 0 Å². The Balaban J connectivity index is 1.72. The summed E-state index contributed by atoms with van der Waals surface area (Å²) in [4.78, 5) is 22.9. The molecule has 2 atom stereocenters. The summed E-state index contributed by atoms with van der Waals surface area (Å²) in [6.45, 7) is 2.46. The summed E-state index contributed by atoms with van der Waals surface area (Å²) in [5.41, 5.74) is 2.59. The molecule has 5 heteroatoms. The second kappa shape index (κ2) is 6.69. The van der Waals surface area contributed by atoms with E-state index in [1.165, 1.54) is 12.5 Å². The first-order chi connectivity index (χ1) is 11.1. The van der Waals surface area contributed by atoms with E-state index < -0.39 is 6.10 Å². The Morgan fingerprint density at radius 2 is 2.09 bits per heavy atom. The molecule has 0 aromatic heterocycles. The molecule has 1 aromatic carbocycles. The Kier molecular flexibility index (Phi) is 4.46.